The molecule has 0 aromatic carbocycles. The number of rotatable bonds is 4. The van der Waals surface area contributed by atoms with E-state index in [4.69, 9.17) is 5.11 Å². The lowest BCUT2D eigenvalue weighted by Crippen LogP contribution is -2.37. The Morgan fingerprint density at radius 3 is 3.00 bits per heavy atom. The summed E-state index contributed by atoms with van der Waals surface area (Å²) in [5.74, 6) is 0.346. The minimum atomic E-state index is -0.240. The van der Waals surface area contributed by atoms with E-state index >= 15 is 0 Å². The van der Waals surface area contributed by atoms with Gasteiger partial charge in [-0.05, 0) is 19.1 Å². The Bertz CT molecular complexity index is 555. The first-order chi connectivity index (χ1) is 9.13. The first-order valence-electron chi connectivity index (χ1n) is 5.82. The van der Waals surface area contributed by atoms with Crippen LogP contribution < -0.4 is 0 Å². The molecule has 0 fully saturated rings. The maximum absolute atomic E-state index is 12.2. The summed E-state index contributed by atoms with van der Waals surface area (Å²) in [7, 11) is 1.65. The fourth-order valence-electron chi connectivity index (χ4n) is 1.53. The number of amides is 1. The number of carbonyl (C=O) groups excluding carboxylic acids is 1. The van der Waals surface area contributed by atoms with Crippen LogP contribution in [0.5, 0.6) is 0 Å². The van der Waals surface area contributed by atoms with Gasteiger partial charge in [-0.25, -0.2) is 14.6 Å². The highest BCUT2D eigenvalue weighted by molar-refractivity contribution is 5.94. The molecule has 1 amide bonds. The van der Waals surface area contributed by atoms with Crippen molar-refractivity contribution in [3.63, 3.8) is 0 Å². The van der Waals surface area contributed by atoms with Crippen molar-refractivity contribution in [2.75, 3.05) is 13.7 Å². The molecular weight excluding hydrogens is 246 g/mol. The van der Waals surface area contributed by atoms with Gasteiger partial charge in [0.15, 0.2) is 5.82 Å². The van der Waals surface area contributed by atoms with Gasteiger partial charge in [-0.1, -0.05) is 0 Å². The molecule has 0 saturated heterocycles. The summed E-state index contributed by atoms with van der Waals surface area (Å²) in [6.45, 7) is 1.70. The number of aromatic nitrogens is 4. The van der Waals surface area contributed by atoms with Crippen LogP contribution >= 0.6 is 0 Å². The van der Waals surface area contributed by atoms with Crippen molar-refractivity contribution in [1.82, 2.24) is 24.6 Å². The summed E-state index contributed by atoms with van der Waals surface area (Å²) in [6, 6.07) is 3.02. The van der Waals surface area contributed by atoms with Gasteiger partial charge in [-0.3, -0.25) is 4.79 Å². The maximum Gasteiger partial charge on any atom is 0.254 e. The number of carbonyl (C=O) groups is 1. The van der Waals surface area contributed by atoms with Gasteiger partial charge in [-0.15, -0.1) is 0 Å². The zero-order valence-corrected chi connectivity index (χ0v) is 10.8. The lowest BCUT2D eigenvalue weighted by molar-refractivity contribution is 0.0682. The minimum Gasteiger partial charge on any atom is -0.394 e. The minimum absolute atomic E-state index is 0.0801. The highest BCUT2D eigenvalue weighted by atomic mass is 16.3. The second-order valence-electron chi connectivity index (χ2n) is 4.19. The van der Waals surface area contributed by atoms with Gasteiger partial charge in [0.2, 0.25) is 0 Å². The molecule has 7 heteroatoms. The van der Waals surface area contributed by atoms with Gasteiger partial charge in [0.05, 0.1) is 12.6 Å². The van der Waals surface area contributed by atoms with Crippen molar-refractivity contribution in [1.29, 1.82) is 0 Å². The van der Waals surface area contributed by atoms with Crippen LogP contribution in [-0.2, 0) is 0 Å². The van der Waals surface area contributed by atoms with Crippen LogP contribution in [-0.4, -0.2) is 55.4 Å². The fourth-order valence-corrected chi connectivity index (χ4v) is 1.53. The summed E-state index contributed by atoms with van der Waals surface area (Å²) < 4.78 is 1.48. The van der Waals surface area contributed by atoms with Crippen molar-refractivity contribution in [3.8, 4) is 5.82 Å². The molecule has 19 heavy (non-hydrogen) atoms. The third kappa shape index (κ3) is 2.76. The van der Waals surface area contributed by atoms with Crippen molar-refractivity contribution in [2.45, 2.75) is 13.0 Å². The largest absolute Gasteiger partial charge is 0.394 e. The van der Waals surface area contributed by atoms with E-state index in [1.54, 1.807) is 32.3 Å². The molecule has 100 valence electrons. The molecule has 0 spiro atoms. The molecule has 0 bridgehead atoms. The molecule has 1 atom stereocenters. The number of hydrogen-bond donors (Lipinski definition) is 1. The molecule has 2 aromatic rings. The second kappa shape index (κ2) is 5.57. The predicted octanol–water partition coefficient (Wildman–Crippen LogP) is 0.115. The molecule has 0 aliphatic rings. The smallest absolute Gasteiger partial charge is 0.254 e. The first kappa shape index (κ1) is 13.2. The number of aliphatic hydroxyl groups excluding tert-OH is 1. The normalized spacial score (nSPS) is 12.2. The molecule has 1 unspecified atom stereocenters. The Kier molecular flexibility index (Phi) is 3.86. The Morgan fingerprint density at radius 1 is 1.58 bits per heavy atom. The van der Waals surface area contributed by atoms with Crippen LogP contribution in [0.2, 0.25) is 0 Å². The lowest BCUT2D eigenvalue weighted by Gasteiger charge is -2.23. The van der Waals surface area contributed by atoms with Crippen molar-refractivity contribution in [3.05, 3.63) is 36.5 Å². The molecule has 0 aliphatic heterocycles. The lowest BCUT2D eigenvalue weighted by atomic mass is 10.2. The average molecular weight is 261 g/mol. The molecule has 1 N–H and O–H groups in total. The van der Waals surface area contributed by atoms with E-state index in [0.29, 0.717) is 11.4 Å². The molecular formula is C12H15N5O2. The van der Waals surface area contributed by atoms with Gasteiger partial charge < -0.3 is 10.0 Å². The highest BCUT2D eigenvalue weighted by Gasteiger charge is 2.17. The predicted molar refractivity (Wildman–Crippen MR) is 67.8 cm³/mol. The molecule has 2 heterocycles. The second-order valence-corrected chi connectivity index (χ2v) is 4.19. The Balaban J connectivity index is 2.26. The average Bonchev–Trinajstić information content (AvgIpc) is 2.99. The summed E-state index contributed by atoms with van der Waals surface area (Å²) in [6.07, 6.45) is 4.45. The first-order valence-corrected chi connectivity index (χ1v) is 5.82. The summed E-state index contributed by atoms with van der Waals surface area (Å²) in [4.78, 5) is 21.7. The molecule has 0 radical (unpaired) electrons. The third-order valence-electron chi connectivity index (χ3n) is 2.89. The van der Waals surface area contributed by atoms with Crippen LogP contribution in [0.25, 0.3) is 5.82 Å². The van der Waals surface area contributed by atoms with Gasteiger partial charge in [-0.2, -0.15) is 5.10 Å². The number of aliphatic hydroxyl groups is 1. The van der Waals surface area contributed by atoms with E-state index in [1.165, 1.54) is 22.2 Å². The van der Waals surface area contributed by atoms with E-state index in [2.05, 4.69) is 15.1 Å². The van der Waals surface area contributed by atoms with E-state index in [1.807, 2.05) is 0 Å². The zero-order valence-electron chi connectivity index (χ0n) is 10.8. The highest BCUT2D eigenvalue weighted by Crippen LogP contribution is 2.09. The van der Waals surface area contributed by atoms with E-state index in [9.17, 15) is 4.79 Å². The molecule has 0 aliphatic carbocycles. The standard InChI is InChI=1S/C12H15N5O2/c1-9(6-18)16(2)12(19)10-3-4-14-11(5-10)17-8-13-7-15-17/h3-5,7-9,18H,6H2,1-2H3. The van der Waals surface area contributed by atoms with Crippen LogP contribution in [0, 0.1) is 0 Å². The number of likely N-dealkylation sites (N-methyl/N-ethyl adjacent to an activating group) is 1. The zero-order chi connectivity index (χ0) is 13.8. The van der Waals surface area contributed by atoms with Gasteiger partial charge in [0.25, 0.3) is 5.91 Å². The van der Waals surface area contributed by atoms with Crippen LogP contribution in [0.1, 0.15) is 17.3 Å². The topological polar surface area (TPSA) is 84.1 Å². The number of hydrogen-bond acceptors (Lipinski definition) is 5. The summed E-state index contributed by atoms with van der Waals surface area (Å²) in [5, 5.41) is 13.0. The number of nitrogens with zero attached hydrogens (tertiary/aromatic N) is 5. The fraction of sp³-hybridized carbons (Fsp3) is 0.333. The molecule has 7 nitrogen and oxygen atoms in total. The molecule has 2 rings (SSSR count). The van der Waals surface area contributed by atoms with Gasteiger partial charge in [0.1, 0.15) is 12.7 Å². The van der Waals surface area contributed by atoms with Gasteiger partial charge >= 0.3 is 0 Å². The van der Waals surface area contributed by atoms with Crippen LogP contribution in [0.3, 0.4) is 0 Å². The quantitative estimate of drug-likeness (QED) is 0.844. The van der Waals surface area contributed by atoms with E-state index < -0.39 is 0 Å². The van der Waals surface area contributed by atoms with E-state index in [-0.39, 0.29) is 18.6 Å². The summed E-state index contributed by atoms with van der Waals surface area (Å²) >= 11 is 0. The maximum atomic E-state index is 12.2. The van der Waals surface area contributed by atoms with Crippen molar-refractivity contribution >= 4 is 5.91 Å². The third-order valence-corrected chi connectivity index (χ3v) is 2.89. The summed E-state index contributed by atoms with van der Waals surface area (Å²) in [5.41, 5.74) is 0.489. The Morgan fingerprint density at radius 2 is 2.37 bits per heavy atom. The Hall–Kier alpha value is -2.28. The Labute approximate surface area is 110 Å². The monoisotopic (exact) mass is 261 g/mol. The van der Waals surface area contributed by atoms with Gasteiger partial charge in [0, 0.05) is 18.8 Å². The van der Waals surface area contributed by atoms with Crippen LogP contribution in [0.4, 0.5) is 0 Å². The van der Waals surface area contributed by atoms with Crippen LogP contribution in [0.15, 0.2) is 31.0 Å². The van der Waals surface area contributed by atoms with Crippen molar-refractivity contribution < 1.29 is 9.90 Å². The number of pyridine rings is 1. The SMILES string of the molecule is CC(CO)N(C)C(=O)c1ccnc(-n2cncn2)c1. The molecule has 2 aromatic heterocycles. The molecule has 0 saturated carbocycles. The van der Waals surface area contributed by atoms with E-state index in [0.717, 1.165) is 0 Å². The van der Waals surface area contributed by atoms with Crippen molar-refractivity contribution in [2.24, 2.45) is 0 Å².